The summed E-state index contributed by atoms with van der Waals surface area (Å²) in [6, 6.07) is 5.22. The lowest BCUT2D eigenvalue weighted by Gasteiger charge is -2.12. The molecule has 31 heavy (non-hydrogen) atoms. The van der Waals surface area contributed by atoms with Crippen molar-refractivity contribution in [3.8, 4) is 11.1 Å². The Labute approximate surface area is 182 Å². The van der Waals surface area contributed by atoms with Crippen molar-refractivity contribution < 1.29 is 9.18 Å². The highest BCUT2D eigenvalue weighted by Gasteiger charge is 2.45. The van der Waals surface area contributed by atoms with Crippen LogP contribution in [0.15, 0.2) is 43.0 Å². The Balaban J connectivity index is 1.44. The Morgan fingerprint density at radius 1 is 1.29 bits per heavy atom. The molecule has 1 aromatic carbocycles. The maximum atomic E-state index is 15.0. The van der Waals surface area contributed by atoms with Gasteiger partial charge in [0, 0.05) is 60.2 Å². The van der Waals surface area contributed by atoms with Crippen molar-refractivity contribution in [2.24, 2.45) is 13.0 Å². The van der Waals surface area contributed by atoms with Gasteiger partial charge in [-0.05, 0) is 42.5 Å². The molecule has 0 radical (unpaired) electrons. The van der Waals surface area contributed by atoms with Crippen LogP contribution < -0.4 is 5.32 Å². The number of benzene rings is 1. The molecular formula is C22H18ClFN6O. The first-order valence-corrected chi connectivity index (χ1v) is 10.2. The van der Waals surface area contributed by atoms with Crippen LogP contribution in [0.5, 0.6) is 0 Å². The smallest absolute Gasteiger partial charge is 0.229 e. The fourth-order valence-corrected chi connectivity index (χ4v) is 4.06. The lowest BCUT2D eigenvalue weighted by Crippen LogP contribution is -2.15. The van der Waals surface area contributed by atoms with Crippen LogP contribution >= 0.6 is 11.6 Å². The molecule has 0 spiro atoms. The summed E-state index contributed by atoms with van der Waals surface area (Å²) in [5, 5.41) is 12.0. The highest BCUT2D eigenvalue weighted by molar-refractivity contribution is 6.36. The third kappa shape index (κ3) is 3.53. The Morgan fingerprint density at radius 3 is 2.87 bits per heavy atom. The van der Waals surface area contributed by atoms with Gasteiger partial charge in [0.1, 0.15) is 11.6 Å². The second-order valence-electron chi connectivity index (χ2n) is 7.79. The van der Waals surface area contributed by atoms with Crippen LogP contribution in [0.4, 0.5) is 10.2 Å². The minimum atomic E-state index is -0.520. The number of nitrogens with zero attached hydrogens (tertiary/aromatic N) is 5. The van der Waals surface area contributed by atoms with E-state index in [1.54, 1.807) is 36.3 Å². The summed E-state index contributed by atoms with van der Waals surface area (Å²) < 4.78 is 16.6. The molecule has 0 unspecified atom stereocenters. The number of amides is 1. The van der Waals surface area contributed by atoms with Gasteiger partial charge in [0.05, 0.1) is 10.7 Å². The topological polar surface area (TPSA) is 85.6 Å². The number of pyridine rings is 2. The van der Waals surface area contributed by atoms with Crippen molar-refractivity contribution in [1.82, 2.24) is 25.0 Å². The van der Waals surface area contributed by atoms with Gasteiger partial charge in [0.2, 0.25) is 5.91 Å². The van der Waals surface area contributed by atoms with Gasteiger partial charge in [-0.2, -0.15) is 0 Å². The molecule has 3 heterocycles. The molecule has 2 atom stereocenters. The van der Waals surface area contributed by atoms with Gasteiger partial charge in [0.25, 0.3) is 0 Å². The number of anilines is 1. The van der Waals surface area contributed by atoms with Crippen LogP contribution in [0.3, 0.4) is 0 Å². The normalized spacial score (nSPS) is 17.7. The van der Waals surface area contributed by atoms with E-state index in [1.807, 2.05) is 19.2 Å². The molecule has 5 rings (SSSR count). The fraction of sp³-hybridized carbons (Fsp3) is 0.227. The van der Waals surface area contributed by atoms with Crippen LogP contribution in [0, 0.1) is 18.7 Å². The van der Waals surface area contributed by atoms with E-state index in [1.165, 1.54) is 6.20 Å². The number of halogens is 2. The first-order valence-electron chi connectivity index (χ1n) is 9.78. The zero-order valence-corrected chi connectivity index (χ0v) is 17.6. The molecule has 1 saturated carbocycles. The molecular weight excluding hydrogens is 419 g/mol. The maximum absolute atomic E-state index is 15.0. The third-order valence-corrected chi connectivity index (χ3v) is 5.98. The molecule has 0 saturated heterocycles. The molecule has 0 aliphatic heterocycles. The lowest BCUT2D eigenvalue weighted by molar-refractivity contribution is -0.117. The van der Waals surface area contributed by atoms with Crippen LogP contribution in [-0.4, -0.2) is 30.9 Å². The van der Waals surface area contributed by atoms with Crippen LogP contribution in [0.25, 0.3) is 21.9 Å². The second-order valence-corrected chi connectivity index (χ2v) is 8.17. The molecule has 1 aliphatic rings. The van der Waals surface area contributed by atoms with E-state index in [4.69, 9.17) is 11.6 Å². The molecule has 1 amide bonds. The summed E-state index contributed by atoms with van der Waals surface area (Å²) in [4.78, 5) is 21.0. The fourth-order valence-electron chi connectivity index (χ4n) is 3.81. The molecule has 1 N–H and O–H groups in total. The first-order chi connectivity index (χ1) is 14.9. The van der Waals surface area contributed by atoms with Gasteiger partial charge in [-0.3, -0.25) is 14.5 Å². The van der Waals surface area contributed by atoms with Gasteiger partial charge in [-0.1, -0.05) is 16.8 Å². The summed E-state index contributed by atoms with van der Waals surface area (Å²) >= 11 is 6.30. The zero-order chi connectivity index (χ0) is 21.7. The predicted molar refractivity (Wildman–Crippen MR) is 115 cm³/mol. The van der Waals surface area contributed by atoms with Crippen molar-refractivity contribution in [2.45, 2.75) is 19.3 Å². The Morgan fingerprint density at radius 2 is 2.13 bits per heavy atom. The van der Waals surface area contributed by atoms with Gasteiger partial charge >= 0.3 is 0 Å². The van der Waals surface area contributed by atoms with E-state index >= 15 is 0 Å². The lowest BCUT2D eigenvalue weighted by atomic mass is 9.99. The standard InChI is InChI=1S/C22H18ClFN6O/c1-11-3-4-25-8-16(11)14-5-12-6-19(26-9-17(12)20(23)21(14)24)27-22(31)15-7-13(15)18-10-30(2)29-28-18/h3-6,8-10,13,15H,7H2,1-2H3,(H,26,27,31)/t13-,15-/m1/s1. The van der Waals surface area contributed by atoms with E-state index in [0.717, 1.165) is 17.7 Å². The van der Waals surface area contributed by atoms with Gasteiger partial charge in [-0.25, -0.2) is 9.37 Å². The van der Waals surface area contributed by atoms with Gasteiger partial charge in [0.15, 0.2) is 0 Å². The number of carbonyl (C=O) groups is 1. The minimum absolute atomic E-state index is 0.00830. The van der Waals surface area contributed by atoms with Gasteiger partial charge < -0.3 is 5.32 Å². The Kier molecular flexibility index (Phi) is 4.66. The molecule has 4 aromatic rings. The monoisotopic (exact) mass is 436 g/mol. The summed E-state index contributed by atoms with van der Waals surface area (Å²) in [7, 11) is 1.79. The Bertz CT molecular complexity index is 1340. The maximum Gasteiger partial charge on any atom is 0.229 e. The van der Waals surface area contributed by atoms with Crippen molar-refractivity contribution in [3.05, 3.63) is 65.1 Å². The number of hydrogen-bond acceptors (Lipinski definition) is 5. The van der Waals surface area contributed by atoms with E-state index in [2.05, 4.69) is 25.6 Å². The summed E-state index contributed by atoms with van der Waals surface area (Å²) in [6.07, 6.45) is 7.29. The van der Waals surface area contributed by atoms with Crippen molar-refractivity contribution in [3.63, 3.8) is 0 Å². The zero-order valence-electron chi connectivity index (χ0n) is 16.8. The summed E-state index contributed by atoms with van der Waals surface area (Å²) in [5.74, 6) is -0.357. The average molecular weight is 437 g/mol. The van der Waals surface area contributed by atoms with Crippen LogP contribution in [-0.2, 0) is 11.8 Å². The highest BCUT2D eigenvalue weighted by Crippen LogP contribution is 2.47. The van der Waals surface area contributed by atoms with Crippen molar-refractivity contribution in [1.29, 1.82) is 0 Å². The largest absolute Gasteiger partial charge is 0.310 e. The van der Waals surface area contributed by atoms with E-state index in [-0.39, 0.29) is 22.8 Å². The molecule has 9 heteroatoms. The van der Waals surface area contributed by atoms with Crippen LogP contribution in [0.1, 0.15) is 23.6 Å². The first kappa shape index (κ1) is 19.6. The number of hydrogen-bond donors (Lipinski definition) is 1. The highest BCUT2D eigenvalue weighted by atomic mass is 35.5. The number of aryl methyl sites for hydroxylation is 2. The number of nitrogens with one attached hydrogen (secondary N) is 1. The number of carbonyl (C=O) groups excluding carboxylic acids is 1. The molecule has 1 aliphatic carbocycles. The van der Waals surface area contributed by atoms with Crippen molar-refractivity contribution in [2.75, 3.05) is 5.32 Å². The second kappa shape index (κ2) is 7.39. The quantitative estimate of drug-likeness (QED) is 0.516. The van der Waals surface area contributed by atoms with E-state index in [0.29, 0.717) is 27.7 Å². The van der Waals surface area contributed by atoms with Crippen LogP contribution in [0.2, 0.25) is 5.02 Å². The third-order valence-electron chi connectivity index (χ3n) is 5.61. The number of aromatic nitrogens is 5. The molecule has 7 nitrogen and oxygen atoms in total. The minimum Gasteiger partial charge on any atom is -0.310 e. The van der Waals surface area contributed by atoms with Gasteiger partial charge in [-0.15, -0.1) is 5.10 Å². The molecule has 0 bridgehead atoms. The molecule has 3 aromatic heterocycles. The van der Waals surface area contributed by atoms with Crippen molar-refractivity contribution >= 4 is 34.1 Å². The molecule has 1 fully saturated rings. The predicted octanol–water partition coefficient (Wildman–Crippen LogP) is 4.27. The number of rotatable bonds is 4. The molecule has 156 valence electrons. The average Bonchev–Trinajstić information content (AvgIpc) is 3.45. The Hall–Kier alpha value is -3.39. The SMILES string of the molecule is Cc1ccncc1-c1cc2cc(NC(=O)[C@@H]3C[C@H]3c3cn(C)nn3)ncc2c(Cl)c1F. The van der Waals surface area contributed by atoms with E-state index in [9.17, 15) is 9.18 Å². The number of fused-ring (bicyclic) bond motifs is 1. The van der Waals surface area contributed by atoms with E-state index < -0.39 is 5.82 Å². The summed E-state index contributed by atoms with van der Waals surface area (Å²) in [5.41, 5.74) is 2.72. The summed E-state index contributed by atoms with van der Waals surface area (Å²) in [6.45, 7) is 1.88.